The van der Waals surface area contributed by atoms with Gasteiger partial charge < -0.3 is 14.2 Å². The number of fused-ring (bicyclic) bond motifs is 2. The second kappa shape index (κ2) is 8.02. The quantitative estimate of drug-likeness (QED) is 0.488. The minimum atomic E-state index is -0.362. The maximum Gasteiger partial charge on any atom is 0.311 e. The zero-order valence-corrected chi connectivity index (χ0v) is 17.5. The summed E-state index contributed by atoms with van der Waals surface area (Å²) in [6.07, 6.45) is 13.1. The van der Waals surface area contributed by atoms with Crippen molar-refractivity contribution in [2.45, 2.75) is 109 Å². The average Bonchev–Trinajstić information content (AvgIpc) is 3.44. The summed E-state index contributed by atoms with van der Waals surface area (Å²) in [6, 6.07) is 0. The molecule has 7 atom stereocenters. The molecule has 4 rings (SSSR count). The van der Waals surface area contributed by atoms with Crippen LogP contribution in [0.2, 0.25) is 0 Å². The molecule has 1 aliphatic heterocycles. The highest BCUT2D eigenvalue weighted by molar-refractivity contribution is 5.76. The minimum absolute atomic E-state index is 0.0186. The molecule has 27 heavy (non-hydrogen) atoms. The Labute approximate surface area is 164 Å². The Bertz CT molecular complexity index is 530. The third kappa shape index (κ3) is 4.53. The van der Waals surface area contributed by atoms with Gasteiger partial charge >= 0.3 is 5.97 Å². The van der Waals surface area contributed by atoms with Gasteiger partial charge in [0.2, 0.25) is 0 Å². The van der Waals surface area contributed by atoms with E-state index in [1.165, 1.54) is 38.5 Å². The van der Waals surface area contributed by atoms with Gasteiger partial charge in [-0.3, -0.25) is 4.79 Å². The molecule has 0 amide bonds. The van der Waals surface area contributed by atoms with Crippen LogP contribution in [0, 0.1) is 23.2 Å². The smallest absolute Gasteiger partial charge is 0.311 e. The Balaban J connectivity index is 1.25. The lowest BCUT2D eigenvalue weighted by Crippen LogP contribution is -2.42. The van der Waals surface area contributed by atoms with Crippen molar-refractivity contribution in [1.82, 2.24) is 0 Å². The lowest BCUT2D eigenvalue weighted by molar-refractivity contribution is -0.165. The number of carbonyl (C=O) groups excluding carboxylic acids is 1. The molecule has 4 heteroatoms. The number of hydrogen-bond donors (Lipinski definition) is 0. The number of ether oxygens (including phenoxy) is 3. The van der Waals surface area contributed by atoms with Crippen LogP contribution in [0.1, 0.15) is 85.0 Å². The highest BCUT2D eigenvalue weighted by atomic mass is 16.6. The molecule has 0 spiro atoms. The first-order valence-corrected chi connectivity index (χ1v) is 11.4. The van der Waals surface area contributed by atoms with Gasteiger partial charge in [-0.15, -0.1) is 0 Å². The summed E-state index contributed by atoms with van der Waals surface area (Å²) in [5.74, 6) is 2.02. The van der Waals surface area contributed by atoms with Crippen LogP contribution in [-0.4, -0.2) is 37.0 Å². The van der Waals surface area contributed by atoms with Gasteiger partial charge in [-0.05, 0) is 89.4 Å². The Morgan fingerprint density at radius 2 is 1.89 bits per heavy atom. The topological polar surface area (TPSA) is 48.1 Å². The summed E-state index contributed by atoms with van der Waals surface area (Å²) in [5, 5.41) is 0. The van der Waals surface area contributed by atoms with Crippen LogP contribution in [0.3, 0.4) is 0 Å². The SMILES string of the molecule is CCC(C)(C)C(=O)OC1CCC2C(CCCC2OCC2CCC3OC3C2)C1. The van der Waals surface area contributed by atoms with E-state index in [2.05, 4.69) is 6.92 Å². The molecule has 154 valence electrons. The molecular weight excluding hydrogens is 340 g/mol. The molecule has 4 fully saturated rings. The monoisotopic (exact) mass is 378 g/mol. The second-order valence-electron chi connectivity index (χ2n) is 10.2. The van der Waals surface area contributed by atoms with E-state index in [1.54, 1.807) is 0 Å². The zero-order chi connectivity index (χ0) is 19.0. The van der Waals surface area contributed by atoms with Crippen molar-refractivity contribution >= 4 is 5.97 Å². The van der Waals surface area contributed by atoms with Crippen molar-refractivity contribution in [3.8, 4) is 0 Å². The number of epoxide rings is 1. The van der Waals surface area contributed by atoms with Crippen LogP contribution in [0.4, 0.5) is 0 Å². The van der Waals surface area contributed by atoms with Gasteiger partial charge in [0, 0.05) is 6.61 Å². The lowest BCUT2D eigenvalue weighted by Gasteiger charge is -2.44. The van der Waals surface area contributed by atoms with Gasteiger partial charge in [-0.2, -0.15) is 0 Å². The van der Waals surface area contributed by atoms with E-state index in [4.69, 9.17) is 14.2 Å². The number of rotatable bonds is 6. The Kier molecular flexibility index (Phi) is 5.85. The molecule has 0 aromatic carbocycles. The van der Waals surface area contributed by atoms with Gasteiger partial charge in [-0.25, -0.2) is 0 Å². The standard InChI is InChI=1S/C23H38O4/c1-4-23(2,3)22(24)26-17-9-10-18-16(13-17)6-5-7-19(18)25-14-15-8-11-20-21(12-15)27-20/h15-21H,4-14H2,1-3H3. The maximum atomic E-state index is 12.4. The first kappa shape index (κ1) is 19.7. The van der Waals surface area contributed by atoms with Gasteiger partial charge in [-0.1, -0.05) is 13.3 Å². The molecule has 7 unspecified atom stereocenters. The van der Waals surface area contributed by atoms with Crippen LogP contribution in [0.5, 0.6) is 0 Å². The molecule has 1 heterocycles. The van der Waals surface area contributed by atoms with E-state index in [9.17, 15) is 4.79 Å². The highest BCUT2D eigenvalue weighted by Gasteiger charge is 2.45. The van der Waals surface area contributed by atoms with Gasteiger partial charge in [0.25, 0.3) is 0 Å². The van der Waals surface area contributed by atoms with Crippen molar-refractivity contribution < 1.29 is 19.0 Å². The van der Waals surface area contributed by atoms with Crippen LogP contribution in [0.25, 0.3) is 0 Å². The van der Waals surface area contributed by atoms with Crippen LogP contribution in [-0.2, 0) is 19.0 Å². The first-order valence-electron chi connectivity index (χ1n) is 11.4. The van der Waals surface area contributed by atoms with Crippen LogP contribution < -0.4 is 0 Å². The Morgan fingerprint density at radius 3 is 2.67 bits per heavy atom. The summed E-state index contributed by atoms with van der Waals surface area (Å²) >= 11 is 0. The third-order valence-corrected chi connectivity index (χ3v) is 7.90. The van der Waals surface area contributed by atoms with E-state index in [0.29, 0.717) is 36.1 Å². The van der Waals surface area contributed by atoms with E-state index < -0.39 is 0 Å². The molecule has 0 radical (unpaired) electrons. The molecule has 0 aromatic rings. The number of esters is 1. The molecule has 4 nitrogen and oxygen atoms in total. The molecule has 3 aliphatic carbocycles. The molecule has 4 aliphatic rings. The summed E-state index contributed by atoms with van der Waals surface area (Å²) in [4.78, 5) is 12.4. The van der Waals surface area contributed by atoms with E-state index in [-0.39, 0.29) is 17.5 Å². The summed E-state index contributed by atoms with van der Waals surface area (Å²) in [7, 11) is 0. The van der Waals surface area contributed by atoms with Crippen molar-refractivity contribution in [3.63, 3.8) is 0 Å². The molecular formula is C23H38O4. The van der Waals surface area contributed by atoms with Gasteiger partial charge in [0.05, 0.1) is 23.7 Å². The molecule has 0 bridgehead atoms. The fraction of sp³-hybridized carbons (Fsp3) is 0.957. The average molecular weight is 379 g/mol. The number of hydrogen-bond acceptors (Lipinski definition) is 4. The minimum Gasteiger partial charge on any atom is -0.462 e. The molecule has 0 aromatic heterocycles. The maximum absolute atomic E-state index is 12.4. The lowest BCUT2D eigenvalue weighted by atomic mass is 9.68. The third-order valence-electron chi connectivity index (χ3n) is 7.90. The molecule has 1 saturated heterocycles. The van der Waals surface area contributed by atoms with Crippen molar-refractivity contribution in [3.05, 3.63) is 0 Å². The van der Waals surface area contributed by atoms with Gasteiger partial charge in [0.1, 0.15) is 6.10 Å². The van der Waals surface area contributed by atoms with Crippen LogP contribution in [0.15, 0.2) is 0 Å². The molecule has 0 N–H and O–H groups in total. The predicted octanol–water partition coefficient (Wildman–Crippen LogP) is 4.89. The molecule has 3 saturated carbocycles. The van der Waals surface area contributed by atoms with Crippen molar-refractivity contribution in [2.24, 2.45) is 23.2 Å². The fourth-order valence-corrected chi connectivity index (χ4v) is 5.53. The first-order chi connectivity index (χ1) is 13.0. The summed E-state index contributed by atoms with van der Waals surface area (Å²) in [5.41, 5.74) is -0.362. The van der Waals surface area contributed by atoms with E-state index in [1.807, 2.05) is 13.8 Å². The largest absolute Gasteiger partial charge is 0.462 e. The summed E-state index contributed by atoms with van der Waals surface area (Å²) in [6.45, 7) is 6.96. The number of carbonyl (C=O) groups is 1. The van der Waals surface area contributed by atoms with Crippen molar-refractivity contribution in [2.75, 3.05) is 6.61 Å². The van der Waals surface area contributed by atoms with E-state index in [0.717, 1.165) is 32.3 Å². The Hall–Kier alpha value is -0.610. The highest BCUT2D eigenvalue weighted by Crippen LogP contribution is 2.44. The van der Waals surface area contributed by atoms with Crippen LogP contribution >= 0.6 is 0 Å². The fourth-order valence-electron chi connectivity index (χ4n) is 5.53. The Morgan fingerprint density at radius 1 is 1.04 bits per heavy atom. The normalized spacial score (nSPS) is 41.4. The second-order valence-corrected chi connectivity index (χ2v) is 10.2. The summed E-state index contributed by atoms with van der Waals surface area (Å²) < 4.78 is 18.1. The predicted molar refractivity (Wildman–Crippen MR) is 104 cm³/mol. The van der Waals surface area contributed by atoms with Gasteiger partial charge in [0.15, 0.2) is 0 Å². The van der Waals surface area contributed by atoms with E-state index >= 15 is 0 Å². The zero-order valence-electron chi connectivity index (χ0n) is 17.5. The van der Waals surface area contributed by atoms with Crippen molar-refractivity contribution in [1.29, 1.82) is 0 Å².